The van der Waals surface area contributed by atoms with Gasteiger partial charge in [-0.05, 0) is 126 Å². The van der Waals surface area contributed by atoms with Gasteiger partial charge in [0, 0.05) is 35.0 Å². The number of fused-ring (bicyclic) bond motifs is 12. The largest absolute Gasteiger partial charge is 0.393 e. The van der Waals surface area contributed by atoms with Gasteiger partial charge in [0.05, 0.1) is 24.2 Å². The first-order chi connectivity index (χ1) is 26.5. The highest BCUT2D eigenvalue weighted by molar-refractivity contribution is 6.29. The molecule has 316 valence electrons. The number of aliphatic hydroxyl groups is 4. The fraction of sp³-hybridized carbons (Fsp3) is 0.822. The molecule has 10 nitrogen and oxygen atoms in total. The summed E-state index contributed by atoms with van der Waals surface area (Å²) in [6.07, 6.45) is 8.01. The summed E-state index contributed by atoms with van der Waals surface area (Å²) in [6.45, 7) is 10.8. The lowest BCUT2D eigenvalue weighted by molar-refractivity contribution is -0.250. The van der Waals surface area contributed by atoms with Crippen LogP contribution in [0.15, 0.2) is 23.3 Å². The van der Waals surface area contributed by atoms with E-state index in [-0.39, 0.29) is 58.7 Å². The number of alkyl halides is 2. The van der Waals surface area contributed by atoms with Gasteiger partial charge in [0.25, 0.3) is 0 Å². The van der Waals surface area contributed by atoms with Gasteiger partial charge < -0.3 is 29.9 Å². The molecule has 15 atom stereocenters. The fourth-order valence-corrected chi connectivity index (χ4v) is 15.7. The van der Waals surface area contributed by atoms with Crippen molar-refractivity contribution >= 4 is 34.7 Å². The molecule has 1 saturated heterocycles. The Morgan fingerprint density at radius 2 is 1.47 bits per heavy atom. The molecule has 0 unspecified atom stereocenters. The minimum Gasteiger partial charge on any atom is -0.393 e. The minimum absolute atomic E-state index is 0.0377. The Morgan fingerprint density at radius 3 is 2.14 bits per heavy atom. The van der Waals surface area contributed by atoms with Crippen molar-refractivity contribution in [2.75, 3.05) is 12.5 Å². The number of carbonyl (C=O) groups is 4. The summed E-state index contributed by atoms with van der Waals surface area (Å²) in [4.78, 5) is 49.6. The summed E-state index contributed by atoms with van der Waals surface area (Å²) in [7, 11) is 0. The van der Waals surface area contributed by atoms with E-state index in [9.17, 15) is 39.6 Å². The molecule has 1 heterocycles. The molecule has 0 aromatic rings. The Kier molecular flexibility index (Phi) is 9.78. The molecule has 4 N–H and O–H groups in total. The smallest absolute Gasteiger partial charge is 0.190 e. The zero-order valence-electron chi connectivity index (χ0n) is 34.4. The van der Waals surface area contributed by atoms with Gasteiger partial charge in [-0.3, -0.25) is 19.2 Å². The topological polar surface area (TPSA) is 168 Å². The second-order valence-electron chi connectivity index (χ2n) is 20.8. The highest BCUT2D eigenvalue weighted by atomic mass is 35.5. The van der Waals surface area contributed by atoms with Crippen LogP contribution in [0.4, 0.5) is 4.39 Å². The SMILES string of the molecule is CC1(C)O[C@@H]2C[C@H]3[C@@H]4CCC5=CC(=O)CC[C@]5(C)[C@@]4(F)[C@@H](O)C[C@]3(C)[C@]2(C(=O)CCl)O1.C[C@]12CCC(=O)C=C1CC[C@@H]1[C@@H]2[C@@H](O)C[C@@]2(C)[C@H]1CC[C@]2(O)C(=O)CO. The van der Waals surface area contributed by atoms with Gasteiger partial charge in [0.1, 0.15) is 17.9 Å². The number of hydrogen-bond acceptors (Lipinski definition) is 10. The first kappa shape index (κ1) is 41.9. The molecular formula is C45H62ClFO10. The van der Waals surface area contributed by atoms with Crippen LogP contribution < -0.4 is 0 Å². The molecule has 57 heavy (non-hydrogen) atoms. The van der Waals surface area contributed by atoms with Crippen molar-refractivity contribution in [2.45, 2.75) is 166 Å². The van der Waals surface area contributed by atoms with Crippen molar-refractivity contribution in [1.29, 1.82) is 0 Å². The third kappa shape index (κ3) is 5.33. The molecule has 0 aromatic heterocycles. The summed E-state index contributed by atoms with van der Waals surface area (Å²) in [5.41, 5.74) is -5.23. The molecule has 0 bridgehead atoms. The molecule has 0 spiro atoms. The van der Waals surface area contributed by atoms with Crippen LogP contribution in [0.3, 0.4) is 0 Å². The fourth-order valence-electron chi connectivity index (χ4n) is 15.5. The molecule has 0 aromatic carbocycles. The minimum atomic E-state index is -1.86. The van der Waals surface area contributed by atoms with E-state index in [2.05, 4.69) is 6.92 Å². The summed E-state index contributed by atoms with van der Waals surface area (Å²) in [6, 6.07) is 0. The molecule has 9 rings (SSSR count). The third-order valence-corrected chi connectivity index (χ3v) is 18.5. The van der Waals surface area contributed by atoms with Crippen LogP contribution in [0.25, 0.3) is 0 Å². The van der Waals surface area contributed by atoms with Gasteiger partial charge in [-0.15, -0.1) is 11.6 Å². The van der Waals surface area contributed by atoms with E-state index in [1.807, 2.05) is 20.8 Å². The standard InChI is InChI=1S/C24H32ClFO5.C21H30O5/c1-20(2)30-19-10-16-15-6-5-13-9-14(27)7-8-21(13,3)23(15,26)17(28)11-22(16,4)24(19,31-20)18(29)12-25;1-19-7-5-13(23)9-12(19)3-4-14-15-6-8-21(26,17(25)11-22)20(15,2)10-16(24)18(14)19/h9,15-17,19,28H,5-8,10-12H2,1-4H3;9,14-16,18,22,24,26H,3-8,10-11H2,1-2H3/t15-,16-,17-,19+,21-,22-,23-,24+;14-,15-,16-,18+,19-,20-,21-/m00/s1. The van der Waals surface area contributed by atoms with Gasteiger partial charge in [0.15, 0.2) is 34.5 Å². The average Bonchev–Trinajstić information content (AvgIpc) is 3.68. The number of allylic oxidation sites excluding steroid dienone is 2. The Hall–Kier alpha value is -1.86. The van der Waals surface area contributed by atoms with Crippen molar-refractivity contribution in [3.05, 3.63) is 23.3 Å². The van der Waals surface area contributed by atoms with Gasteiger partial charge in [-0.1, -0.05) is 38.8 Å². The predicted octanol–water partition coefficient (Wildman–Crippen LogP) is 5.67. The van der Waals surface area contributed by atoms with E-state index in [1.54, 1.807) is 26.0 Å². The Labute approximate surface area is 340 Å². The van der Waals surface area contributed by atoms with Crippen molar-refractivity contribution in [2.24, 2.45) is 51.2 Å². The first-order valence-corrected chi connectivity index (χ1v) is 21.9. The second-order valence-corrected chi connectivity index (χ2v) is 21.1. The summed E-state index contributed by atoms with van der Waals surface area (Å²) >= 11 is 6.05. The van der Waals surface area contributed by atoms with Crippen LogP contribution in [0.1, 0.15) is 125 Å². The maximum absolute atomic E-state index is 17.2. The van der Waals surface area contributed by atoms with Crippen molar-refractivity contribution < 1.29 is 53.5 Å². The molecule has 6 saturated carbocycles. The Bertz CT molecular complexity index is 1830. The Balaban J connectivity index is 0.000000162. The molecule has 0 amide bonds. The number of carbonyl (C=O) groups excluding carboxylic acids is 4. The molecule has 0 radical (unpaired) electrons. The number of hydrogen-bond donors (Lipinski definition) is 4. The normalized spacial score (nSPS) is 51.6. The quantitative estimate of drug-likeness (QED) is 0.260. The predicted molar refractivity (Wildman–Crippen MR) is 207 cm³/mol. The van der Waals surface area contributed by atoms with E-state index in [0.29, 0.717) is 51.4 Å². The van der Waals surface area contributed by atoms with Crippen molar-refractivity contribution in [1.82, 2.24) is 0 Å². The van der Waals surface area contributed by atoms with Crippen LogP contribution in [0.2, 0.25) is 0 Å². The number of halogens is 2. The number of rotatable bonds is 4. The summed E-state index contributed by atoms with van der Waals surface area (Å²) in [5.74, 6) is -1.88. The second kappa shape index (κ2) is 13.3. The lowest BCUT2D eigenvalue weighted by atomic mass is 9.44. The zero-order valence-corrected chi connectivity index (χ0v) is 35.1. The zero-order chi connectivity index (χ0) is 41.5. The van der Waals surface area contributed by atoms with Gasteiger partial charge >= 0.3 is 0 Å². The highest BCUT2D eigenvalue weighted by Crippen LogP contribution is 2.73. The average molecular weight is 817 g/mol. The number of ketones is 4. The summed E-state index contributed by atoms with van der Waals surface area (Å²) < 4.78 is 29.7. The lowest BCUT2D eigenvalue weighted by Gasteiger charge is -2.63. The van der Waals surface area contributed by atoms with Crippen molar-refractivity contribution in [3.63, 3.8) is 0 Å². The summed E-state index contributed by atoms with van der Waals surface area (Å²) in [5, 5.41) is 43.2. The third-order valence-electron chi connectivity index (χ3n) is 18.2. The van der Waals surface area contributed by atoms with Crippen LogP contribution in [0, 0.1) is 51.2 Å². The molecule has 9 aliphatic rings. The lowest BCUT2D eigenvalue weighted by Crippen LogP contribution is -2.70. The molecule has 12 heteroatoms. The van der Waals surface area contributed by atoms with Crippen LogP contribution in [0.5, 0.6) is 0 Å². The van der Waals surface area contributed by atoms with E-state index in [1.165, 1.54) is 5.57 Å². The molecular weight excluding hydrogens is 755 g/mol. The van der Waals surface area contributed by atoms with E-state index in [0.717, 1.165) is 31.3 Å². The van der Waals surface area contributed by atoms with Crippen molar-refractivity contribution in [3.8, 4) is 0 Å². The maximum atomic E-state index is 17.2. The van der Waals surface area contributed by atoms with Crippen LogP contribution in [-0.2, 0) is 28.7 Å². The van der Waals surface area contributed by atoms with Gasteiger partial charge in [-0.25, -0.2) is 4.39 Å². The maximum Gasteiger partial charge on any atom is 0.190 e. The molecule has 1 aliphatic heterocycles. The van der Waals surface area contributed by atoms with E-state index >= 15 is 4.39 Å². The number of ether oxygens (including phenoxy) is 2. The van der Waals surface area contributed by atoms with Crippen LogP contribution >= 0.6 is 11.6 Å². The number of aliphatic hydroxyl groups excluding tert-OH is 3. The highest BCUT2D eigenvalue weighted by Gasteiger charge is 2.80. The number of Topliss-reactive ketones (excluding diaryl/α,β-unsaturated/α-hetero) is 2. The molecule has 8 aliphatic carbocycles. The first-order valence-electron chi connectivity index (χ1n) is 21.4. The van der Waals surface area contributed by atoms with Gasteiger partial charge in [-0.2, -0.15) is 0 Å². The van der Waals surface area contributed by atoms with E-state index < -0.39 is 75.5 Å². The van der Waals surface area contributed by atoms with Crippen LogP contribution in [-0.4, -0.2) is 97.0 Å². The van der Waals surface area contributed by atoms with E-state index in [4.69, 9.17) is 21.1 Å². The molecule has 7 fully saturated rings. The monoisotopic (exact) mass is 816 g/mol. The van der Waals surface area contributed by atoms with Gasteiger partial charge in [0.2, 0.25) is 0 Å². The Morgan fingerprint density at radius 1 is 0.825 bits per heavy atom.